The Labute approximate surface area is 103 Å². The van der Waals surface area contributed by atoms with Crippen molar-refractivity contribution in [2.24, 2.45) is 0 Å². The lowest BCUT2D eigenvalue weighted by Crippen LogP contribution is -2.46. The van der Waals surface area contributed by atoms with E-state index in [9.17, 15) is 4.79 Å². The lowest BCUT2D eigenvalue weighted by Gasteiger charge is -2.31. The minimum absolute atomic E-state index is 0.196. The fourth-order valence-electron chi connectivity index (χ4n) is 1.79. The predicted octanol–water partition coefficient (Wildman–Crippen LogP) is 1.93. The van der Waals surface area contributed by atoms with E-state index >= 15 is 0 Å². The number of nitrogens with zero attached hydrogens (tertiary/aromatic N) is 1. The maximum absolute atomic E-state index is 11.6. The van der Waals surface area contributed by atoms with E-state index in [4.69, 9.17) is 9.57 Å². The van der Waals surface area contributed by atoms with Crippen LogP contribution in [0.15, 0.2) is 0 Å². The highest BCUT2D eigenvalue weighted by Gasteiger charge is 2.23. The van der Waals surface area contributed by atoms with Gasteiger partial charge in [0, 0.05) is 19.1 Å². The smallest absolute Gasteiger partial charge is 0.407 e. The van der Waals surface area contributed by atoms with Gasteiger partial charge in [0.2, 0.25) is 0 Å². The molecule has 1 N–H and O–H groups in total. The van der Waals surface area contributed by atoms with Crippen LogP contribution in [0.4, 0.5) is 4.79 Å². The van der Waals surface area contributed by atoms with E-state index in [1.807, 2.05) is 32.8 Å². The number of nitrogens with one attached hydrogen (secondary N) is 1. The Hall–Kier alpha value is -0.810. The molecule has 0 saturated carbocycles. The van der Waals surface area contributed by atoms with Gasteiger partial charge >= 0.3 is 6.09 Å². The summed E-state index contributed by atoms with van der Waals surface area (Å²) in [5.74, 6) is 0. The fraction of sp³-hybridized carbons (Fsp3) is 0.917. The molecule has 1 aliphatic rings. The van der Waals surface area contributed by atoms with Gasteiger partial charge in [0.05, 0.1) is 6.61 Å². The minimum Gasteiger partial charge on any atom is -0.444 e. The van der Waals surface area contributed by atoms with E-state index in [1.165, 1.54) is 0 Å². The average Bonchev–Trinajstić information content (AvgIpc) is 2.18. The molecule has 5 heteroatoms. The van der Waals surface area contributed by atoms with Crippen molar-refractivity contribution < 1.29 is 14.4 Å². The van der Waals surface area contributed by atoms with Gasteiger partial charge in [-0.3, -0.25) is 4.84 Å². The number of alkyl carbamates (subject to hydrolysis) is 1. The molecule has 0 radical (unpaired) electrons. The van der Waals surface area contributed by atoms with Crippen molar-refractivity contribution in [1.29, 1.82) is 0 Å². The lowest BCUT2D eigenvalue weighted by atomic mass is 10.1. The SMILES string of the molecule is CCON1CCC(NC(=O)OC(C)(C)C)CC1. The first kappa shape index (κ1) is 14.3. The topological polar surface area (TPSA) is 50.8 Å². The number of carbonyl (C=O) groups excluding carboxylic acids is 1. The Bertz CT molecular complexity index is 243. The number of hydrogen-bond acceptors (Lipinski definition) is 4. The van der Waals surface area contributed by atoms with Crippen LogP contribution in [0.1, 0.15) is 40.5 Å². The zero-order valence-electron chi connectivity index (χ0n) is 11.3. The summed E-state index contributed by atoms with van der Waals surface area (Å²) in [6.45, 7) is 9.98. The third kappa shape index (κ3) is 5.89. The van der Waals surface area contributed by atoms with Crippen LogP contribution in [0.3, 0.4) is 0 Å². The molecular formula is C12H24N2O3. The van der Waals surface area contributed by atoms with Crippen LogP contribution in [-0.4, -0.2) is 42.5 Å². The van der Waals surface area contributed by atoms with E-state index < -0.39 is 5.60 Å². The summed E-state index contributed by atoms with van der Waals surface area (Å²) in [5.41, 5.74) is -0.434. The molecule has 0 aromatic rings. The molecule has 0 aliphatic carbocycles. The van der Waals surface area contributed by atoms with Crippen LogP contribution < -0.4 is 5.32 Å². The molecule has 0 unspecified atom stereocenters. The Balaban J connectivity index is 2.24. The van der Waals surface area contributed by atoms with E-state index in [0.717, 1.165) is 25.9 Å². The molecule has 0 bridgehead atoms. The molecule has 17 heavy (non-hydrogen) atoms. The van der Waals surface area contributed by atoms with Crippen molar-refractivity contribution in [2.45, 2.75) is 52.2 Å². The van der Waals surface area contributed by atoms with Crippen molar-refractivity contribution in [3.8, 4) is 0 Å². The second-order valence-corrected chi connectivity index (χ2v) is 5.27. The zero-order valence-corrected chi connectivity index (χ0v) is 11.3. The Morgan fingerprint density at radius 2 is 1.94 bits per heavy atom. The molecule has 1 amide bonds. The molecule has 1 fully saturated rings. The number of hydroxylamine groups is 2. The summed E-state index contributed by atoms with van der Waals surface area (Å²) in [6, 6.07) is 0.196. The molecule has 1 aliphatic heterocycles. The van der Waals surface area contributed by atoms with Crippen molar-refractivity contribution in [3.63, 3.8) is 0 Å². The molecule has 5 nitrogen and oxygen atoms in total. The summed E-state index contributed by atoms with van der Waals surface area (Å²) >= 11 is 0. The standard InChI is InChI=1S/C12H24N2O3/c1-5-16-14-8-6-10(7-9-14)13-11(15)17-12(2,3)4/h10H,5-9H2,1-4H3,(H,13,15). The van der Waals surface area contributed by atoms with Gasteiger partial charge in [-0.25, -0.2) is 4.79 Å². The zero-order chi connectivity index (χ0) is 12.9. The summed E-state index contributed by atoms with van der Waals surface area (Å²) in [7, 11) is 0. The van der Waals surface area contributed by atoms with E-state index in [1.54, 1.807) is 0 Å². The molecule has 1 saturated heterocycles. The number of ether oxygens (including phenoxy) is 1. The lowest BCUT2D eigenvalue weighted by molar-refractivity contribution is -0.166. The summed E-state index contributed by atoms with van der Waals surface area (Å²) in [4.78, 5) is 17.0. The first-order valence-corrected chi connectivity index (χ1v) is 6.28. The van der Waals surface area contributed by atoms with E-state index in [0.29, 0.717) is 6.61 Å². The number of hydrogen-bond donors (Lipinski definition) is 1. The highest BCUT2D eigenvalue weighted by molar-refractivity contribution is 5.68. The largest absolute Gasteiger partial charge is 0.444 e. The van der Waals surface area contributed by atoms with Gasteiger partial charge in [-0.15, -0.1) is 0 Å². The molecule has 100 valence electrons. The van der Waals surface area contributed by atoms with E-state index in [-0.39, 0.29) is 12.1 Å². The van der Waals surface area contributed by atoms with Crippen LogP contribution in [0, 0.1) is 0 Å². The van der Waals surface area contributed by atoms with E-state index in [2.05, 4.69) is 5.32 Å². The quantitative estimate of drug-likeness (QED) is 0.824. The van der Waals surface area contributed by atoms with Gasteiger partial charge in [-0.1, -0.05) is 0 Å². The first-order valence-electron chi connectivity index (χ1n) is 6.28. The van der Waals surface area contributed by atoms with Gasteiger partial charge in [-0.2, -0.15) is 5.06 Å². The fourth-order valence-corrected chi connectivity index (χ4v) is 1.79. The highest BCUT2D eigenvalue weighted by Crippen LogP contribution is 2.12. The molecule has 1 heterocycles. The molecule has 0 aromatic heterocycles. The van der Waals surface area contributed by atoms with Gasteiger partial charge in [0.15, 0.2) is 0 Å². The van der Waals surface area contributed by atoms with Crippen molar-refractivity contribution in [2.75, 3.05) is 19.7 Å². The highest BCUT2D eigenvalue weighted by atomic mass is 16.7. The number of carbonyl (C=O) groups is 1. The maximum atomic E-state index is 11.6. The Kier molecular flexibility index (Phi) is 5.21. The maximum Gasteiger partial charge on any atom is 0.407 e. The van der Waals surface area contributed by atoms with Gasteiger partial charge in [-0.05, 0) is 40.5 Å². The summed E-state index contributed by atoms with van der Waals surface area (Å²) in [6.07, 6.45) is 1.48. The second-order valence-electron chi connectivity index (χ2n) is 5.27. The van der Waals surface area contributed by atoms with Crippen LogP contribution in [0.5, 0.6) is 0 Å². The molecule has 1 rings (SSSR count). The van der Waals surface area contributed by atoms with Crippen molar-refractivity contribution >= 4 is 6.09 Å². The van der Waals surface area contributed by atoms with Crippen molar-refractivity contribution in [1.82, 2.24) is 10.4 Å². The Morgan fingerprint density at radius 1 is 1.35 bits per heavy atom. The van der Waals surface area contributed by atoms with Crippen LogP contribution >= 0.6 is 0 Å². The third-order valence-electron chi connectivity index (χ3n) is 2.49. The molecular weight excluding hydrogens is 220 g/mol. The number of amides is 1. The molecule has 0 atom stereocenters. The van der Waals surface area contributed by atoms with Crippen LogP contribution in [0.2, 0.25) is 0 Å². The monoisotopic (exact) mass is 244 g/mol. The average molecular weight is 244 g/mol. The van der Waals surface area contributed by atoms with Crippen molar-refractivity contribution in [3.05, 3.63) is 0 Å². The minimum atomic E-state index is -0.434. The van der Waals surface area contributed by atoms with Gasteiger partial charge in [0.1, 0.15) is 5.60 Å². The molecule has 0 spiro atoms. The normalized spacial score (nSPS) is 19.1. The summed E-state index contributed by atoms with van der Waals surface area (Å²) in [5, 5.41) is 4.85. The van der Waals surface area contributed by atoms with Gasteiger partial charge < -0.3 is 10.1 Å². The molecule has 0 aromatic carbocycles. The third-order valence-corrected chi connectivity index (χ3v) is 2.49. The predicted molar refractivity (Wildman–Crippen MR) is 65.6 cm³/mol. The van der Waals surface area contributed by atoms with Gasteiger partial charge in [0.25, 0.3) is 0 Å². The number of piperidine rings is 1. The number of rotatable bonds is 3. The first-order chi connectivity index (χ1) is 7.90. The Morgan fingerprint density at radius 3 is 2.41 bits per heavy atom. The second kappa shape index (κ2) is 6.21. The summed E-state index contributed by atoms with van der Waals surface area (Å²) < 4.78 is 5.22. The van der Waals surface area contributed by atoms with Crippen LogP contribution in [0.25, 0.3) is 0 Å². The van der Waals surface area contributed by atoms with Crippen LogP contribution in [-0.2, 0) is 9.57 Å².